The minimum absolute atomic E-state index is 0.0784. The number of H-pyrrole nitrogens is 1. The molecule has 0 aliphatic rings. The maximum atomic E-state index is 12.2. The number of carbonyl (C=O) groups excluding carboxylic acids is 1. The number of pyridine rings is 1. The molecule has 5 aromatic rings. The van der Waals surface area contributed by atoms with Gasteiger partial charge in [-0.25, -0.2) is 15.0 Å². The molecule has 3 N–H and O–H groups in total. The monoisotopic (exact) mass is 398 g/mol. The maximum absolute atomic E-state index is 12.2. The van der Waals surface area contributed by atoms with Crippen LogP contribution in [0, 0.1) is 0 Å². The van der Waals surface area contributed by atoms with Crippen molar-refractivity contribution in [2.24, 2.45) is 0 Å². The first kappa shape index (κ1) is 17.9. The van der Waals surface area contributed by atoms with Gasteiger partial charge in [0.1, 0.15) is 5.52 Å². The Balaban J connectivity index is 1.40. The SMILES string of the molecule is Nc1nc2cc(-c3ccn[nH]3)ccc2c2cn(CCCC(=O)c3ncccn3)nc12. The molecular formula is C21H18N8O. The highest BCUT2D eigenvalue weighted by Gasteiger charge is 2.13. The van der Waals surface area contributed by atoms with Crippen LogP contribution in [0.5, 0.6) is 0 Å². The van der Waals surface area contributed by atoms with Gasteiger partial charge >= 0.3 is 0 Å². The number of nitrogen functional groups attached to an aromatic ring is 1. The van der Waals surface area contributed by atoms with Gasteiger partial charge < -0.3 is 5.73 Å². The zero-order valence-corrected chi connectivity index (χ0v) is 16.0. The van der Waals surface area contributed by atoms with Crippen LogP contribution in [0.4, 0.5) is 5.82 Å². The molecule has 0 bridgehead atoms. The number of hydrogen-bond donors (Lipinski definition) is 2. The quantitative estimate of drug-likeness (QED) is 0.421. The fourth-order valence-corrected chi connectivity index (χ4v) is 3.50. The van der Waals surface area contributed by atoms with Crippen molar-refractivity contribution >= 4 is 33.4 Å². The fraction of sp³-hybridized carbons (Fsp3) is 0.143. The third-order valence-corrected chi connectivity index (χ3v) is 4.95. The van der Waals surface area contributed by atoms with Gasteiger partial charge in [-0.3, -0.25) is 14.6 Å². The number of benzene rings is 1. The van der Waals surface area contributed by atoms with Crippen molar-refractivity contribution in [1.29, 1.82) is 0 Å². The van der Waals surface area contributed by atoms with Gasteiger partial charge in [0, 0.05) is 54.1 Å². The zero-order chi connectivity index (χ0) is 20.5. The number of aromatic amines is 1. The summed E-state index contributed by atoms with van der Waals surface area (Å²) in [7, 11) is 0. The van der Waals surface area contributed by atoms with Gasteiger partial charge in [-0.15, -0.1) is 0 Å². The molecule has 30 heavy (non-hydrogen) atoms. The molecule has 0 atom stereocenters. The molecule has 9 nitrogen and oxygen atoms in total. The molecule has 4 heterocycles. The largest absolute Gasteiger partial charge is 0.382 e. The van der Waals surface area contributed by atoms with Crippen LogP contribution in [0.15, 0.2) is 55.1 Å². The highest BCUT2D eigenvalue weighted by Crippen LogP contribution is 2.30. The first-order chi connectivity index (χ1) is 14.7. The summed E-state index contributed by atoms with van der Waals surface area (Å²) >= 11 is 0. The molecular weight excluding hydrogens is 380 g/mol. The second kappa shape index (κ2) is 7.36. The Morgan fingerprint density at radius 1 is 1.10 bits per heavy atom. The standard InChI is InChI=1S/C21H18N8O/c22-20-19-15(14-5-4-13(11-17(14)26-20)16-6-9-25-27-16)12-29(28-19)10-1-3-18(30)21-23-7-2-8-24-21/h2,4-9,11-12H,1,3,10H2,(H2,22,26)(H,25,27). The number of anilines is 1. The van der Waals surface area contributed by atoms with Crippen LogP contribution >= 0.6 is 0 Å². The number of ketones is 1. The van der Waals surface area contributed by atoms with Crippen molar-refractivity contribution in [1.82, 2.24) is 34.9 Å². The lowest BCUT2D eigenvalue weighted by atomic mass is 10.1. The van der Waals surface area contributed by atoms with E-state index in [9.17, 15) is 4.79 Å². The molecule has 0 unspecified atom stereocenters. The van der Waals surface area contributed by atoms with E-state index in [4.69, 9.17) is 5.73 Å². The van der Waals surface area contributed by atoms with Crippen molar-refractivity contribution in [2.45, 2.75) is 19.4 Å². The van der Waals surface area contributed by atoms with Crippen molar-refractivity contribution in [3.63, 3.8) is 0 Å². The van der Waals surface area contributed by atoms with Crippen molar-refractivity contribution < 1.29 is 4.79 Å². The molecule has 5 rings (SSSR count). The number of hydrogen-bond acceptors (Lipinski definition) is 7. The summed E-state index contributed by atoms with van der Waals surface area (Å²) in [6.07, 6.45) is 7.78. The maximum Gasteiger partial charge on any atom is 0.200 e. The molecule has 0 amide bonds. The van der Waals surface area contributed by atoms with Gasteiger partial charge in [-0.2, -0.15) is 10.2 Å². The summed E-state index contributed by atoms with van der Waals surface area (Å²) in [6, 6.07) is 9.61. The van der Waals surface area contributed by atoms with Crippen LogP contribution < -0.4 is 5.73 Å². The first-order valence-corrected chi connectivity index (χ1v) is 9.55. The van der Waals surface area contributed by atoms with Gasteiger partial charge in [0.05, 0.1) is 11.2 Å². The Hall–Kier alpha value is -4.14. The number of nitrogens with zero attached hydrogens (tertiary/aromatic N) is 6. The van der Waals surface area contributed by atoms with Gasteiger partial charge in [-0.1, -0.05) is 12.1 Å². The number of nitrogens with one attached hydrogen (secondary N) is 1. The Bertz CT molecular complexity index is 1340. The van der Waals surface area contributed by atoms with E-state index in [1.165, 1.54) is 0 Å². The molecule has 0 spiro atoms. The summed E-state index contributed by atoms with van der Waals surface area (Å²) in [5.41, 5.74) is 9.54. The van der Waals surface area contributed by atoms with Gasteiger partial charge in [0.25, 0.3) is 0 Å². The second-order valence-electron chi connectivity index (χ2n) is 6.95. The third kappa shape index (κ3) is 3.26. The summed E-state index contributed by atoms with van der Waals surface area (Å²) in [4.78, 5) is 24.7. The lowest BCUT2D eigenvalue weighted by Gasteiger charge is -2.03. The molecule has 0 saturated heterocycles. The van der Waals surface area contributed by atoms with Crippen LogP contribution in [0.2, 0.25) is 0 Å². The van der Waals surface area contributed by atoms with E-state index in [1.807, 2.05) is 35.1 Å². The number of rotatable bonds is 6. The summed E-state index contributed by atoms with van der Waals surface area (Å²) in [5, 5.41) is 13.4. The minimum Gasteiger partial charge on any atom is -0.382 e. The lowest BCUT2D eigenvalue weighted by Crippen LogP contribution is -2.07. The topological polar surface area (TPSA) is 128 Å². The minimum atomic E-state index is -0.0784. The summed E-state index contributed by atoms with van der Waals surface area (Å²) in [5.74, 6) is 0.549. The number of fused-ring (bicyclic) bond motifs is 3. The molecule has 9 heteroatoms. The van der Waals surface area contributed by atoms with E-state index < -0.39 is 0 Å². The van der Waals surface area contributed by atoms with E-state index in [1.54, 1.807) is 24.7 Å². The first-order valence-electron chi connectivity index (χ1n) is 9.55. The van der Waals surface area contributed by atoms with Gasteiger partial charge in [0.2, 0.25) is 0 Å². The van der Waals surface area contributed by atoms with Crippen LogP contribution in [0.25, 0.3) is 33.1 Å². The van der Waals surface area contributed by atoms with E-state index in [-0.39, 0.29) is 11.6 Å². The Kier molecular flexibility index (Phi) is 4.40. The number of Topliss-reactive ketones (excluding diaryl/α,β-unsaturated/α-hetero) is 1. The summed E-state index contributed by atoms with van der Waals surface area (Å²) in [6.45, 7) is 0.584. The molecule has 0 aliphatic carbocycles. The lowest BCUT2D eigenvalue weighted by molar-refractivity contribution is 0.0968. The smallest absolute Gasteiger partial charge is 0.200 e. The second-order valence-corrected chi connectivity index (χ2v) is 6.95. The highest BCUT2D eigenvalue weighted by atomic mass is 16.1. The van der Waals surface area contributed by atoms with Crippen molar-refractivity contribution in [2.75, 3.05) is 5.73 Å². The number of aryl methyl sites for hydroxylation is 1. The molecule has 0 aliphatic heterocycles. The molecule has 1 aromatic carbocycles. The normalized spacial score (nSPS) is 11.3. The van der Waals surface area contributed by atoms with Crippen molar-refractivity contribution in [3.05, 3.63) is 60.9 Å². The van der Waals surface area contributed by atoms with Crippen molar-refractivity contribution in [3.8, 4) is 11.3 Å². The number of carbonyl (C=O) groups is 1. The predicted octanol–water partition coefficient (Wildman–Crippen LogP) is 3.01. The van der Waals surface area contributed by atoms with Gasteiger partial charge in [0.15, 0.2) is 17.4 Å². The van der Waals surface area contributed by atoms with E-state index in [2.05, 4.69) is 30.2 Å². The molecule has 148 valence electrons. The van der Waals surface area contributed by atoms with Crippen LogP contribution in [0.1, 0.15) is 23.5 Å². The Morgan fingerprint density at radius 2 is 1.97 bits per heavy atom. The summed E-state index contributed by atoms with van der Waals surface area (Å²) < 4.78 is 1.81. The average Bonchev–Trinajstić information content (AvgIpc) is 3.45. The highest BCUT2D eigenvalue weighted by molar-refractivity contribution is 6.08. The number of nitrogens with two attached hydrogens (primary N) is 1. The van der Waals surface area contributed by atoms with E-state index in [0.29, 0.717) is 30.7 Å². The van der Waals surface area contributed by atoms with E-state index >= 15 is 0 Å². The molecule has 4 aromatic heterocycles. The Labute approximate surface area is 171 Å². The Morgan fingerprint density at radius 3 is 2.77 bits per heavy atom. The average molecular weight is 398 g/mol. The van der Waals surface area contributed by atoms with E-state index in [0.717, 1.165) is 27.5 Å². The molecule has 0 radical (unpaired) electrons. The van der Waals surface area contributed by atoms with Crippen LogP contribution in [-0.2, 0) is 6.54 Å². The fourth-order valence-electron chi connectivity index (χ4n) is 3.50. The zero-order valence-electron chi connectivity index (χ0n) is 16.0. The molecule has 0 fully saturated rings. The van der Waals surface area contributed by atoms with Gasteiger partial charge in [-0.05, 0) is 24.6 Å². The van der Waals surface area contributed by atoms with Crippen LogP contribution in [0.3, 0.4) is 0 Å². The molecule has 0 saturated carbocycles. The van der Waals surface area contributed by atoms with Crippen LogP contribution in [-0.4, -0.2) is 40.7 Å². The predicted molar refractivity (Wildman–Crippen MR) is 113 cm³/mol. The third-order valence-electron chi connectivity index (χ3n) is 4.95. The number of aromatic nitrogens is 7.